The molecule has 0 radical (unpaired) electrons. The normalized spacial score (nSPS) is 16.0. The monoisotopic (exact) mass is 292 g/mol. The number of carbonyl (C=O) groups excluding carboxylic acids is 1. The molecule has 0 saturated carbocycles. The van der Waals surface area contributed by atoms with Crippen molar-refractivity contribution in [1.29, 1.82) is 0 Å². The van der Waals surface area contributed by atoms with E-state index in [4.69, 9.17) is 10.6 Å². The highest BCUT2D eigenvalue weighted by Crippen LogP contribution is 2.20. The Kier molecular flexibility index (Phi) is 5.52. The Hall–Kier alpha value is -1.66. The van der Waals surface area contributed by atoms with Crippen LogP contribution in [0, 0.1) is 5.92 Å². The number of hydrogen-bond donors (Lipinski definition) is 2. The van der Waals surface area contributed by atoms with Crippen molar-refractivity contribution in [3.63, 3.8) is 0 Å². The maximum Gasteiger partial charge on any atom is 0.254 e. The van der Waals surface area contributed by atoms with E-state index >= 15 is 0 Å². The van der Waals surface area contributed by atoms with Gasteiger partial charge in [0.25, 0.3) is 5.91 Å². The second-order valence-electron chi connectivity index (χ2n) is 5.42. The number of likely N-dealkylation sites (tertiary alicyclic amines) is 1. The van der Waals surface area contributed by atoms with E-state index in [1.165, 1.54) is 0 Å². The van der Waals surface area contributed by atoms with Crippen LogP contribution in [-0.4, -0.2) is 42.6 Å². The maximum absolute atomic E-state index is 12.6. The SMILES string of the molecule is CCc1cc(C(=O)N2CCC(COC)CC2)cc(NN)n1. The third-order valence-electron chi connectivity index (χ3n) is 3.94. The summed E-state index contributed by atoms with van der Waals surface area (Å²) in [4.78, 5) is 18.8. The number of aromatic nitrogens is 1. The van der Waals surface area contributed by atoms with Crippen LogP contribution in [0.2, 0.25) is 0 Å². The predicted octanol–water partition coefficient (Wildman–Crippen LogP) is 1.43. The zero-order chi connectivity index (χ0) is 15.2. The van der Waals surface area contributed by atoms with E-state index in [1.807, 2.05) is 17.9 Å². The van der Waals surface area contributed by atoms with E-state index < -0.39 is 0 Å². The largest absolute Gasteiger partial charge is 0.384 e. The Balaban J connectivity index is 2.06. The minimum Gasteiger partial charge on any atom is -0.384 e. The molecule has 0 unspecified atom stereocenters. The van der Waals surface area contributed by atoms with Crippen LogP contribution in [0.1, 0.15) is 35.8 Å². The number of nitrogens with zero attached hydrogens (tertiary/aromatic N) is 2. The summed E-state index contributed by atoms with van der Waals surface area (Å²) in [7, 11) is 1.72. The Bertz CT molecular complexity index is 462. The number of hydrogen-bond acceptors (Lipinski definition) is 5. The van der Waals surface area contributed by atoms with Crippen LogP contribution in [0.5, 0.6) is 0 Å². The van der Waals surface area contributed by atoms with E-state index in [1.54, 1.807) is 13.2 Å². The lowest BCUT2D eigenvalue weighted by molar-refractivity contribution is 0.0613. The van der Waals surface area contributed by atoms with Gasteiger partial charge >= 0.3 is 0 Å². The van der Waals surface area contributed by atoms with Gasteiger partial charge in [0.1, 0.15) is 5.82 Å². The first kappa shape index (κ1) is 15.7. The van der Waals surface area contributed by atoms with Gasteiger partial charge in [0.15, 0.2) is 0 Å². The molecule has 1 aromatic heterocycles. The third kappa shape index (κ3) is 3.92. The summed E-state index contributed by atoms with van der Waals surface area (Å²) >= 11 is 0. The van der Waals surface area contributed by atoms with Crippen LogP contribution in [0.15, 0.2) is 12.1 Å². The van der Waals surface area contributed by atoms with E-state index in [0.29, 0.717) is 17.3 Å². The van der Waals surface area contributed by atoms with Gasteiger partial charge in [-0.1, -0.05) is 6.92 Å². The van der Waals surface area contributed by atoms with Crippen molar-refractivity contribution in [3.8, 4) is 0 Å². The lowest BCUT2D eigenvalue weighted by Gasteiger charge is -2.31. The molecule has 1 aliphatic heterocycles. The number of carbonyl (C=O) groups is 1. The summed E-state index contributed by atoms with van der Waals surface area (Å²) in [6, 6.07) is 3.56. The first-order valence-corrected chi connectivity index (χ1v) is 7.43. The van der Waals surface area contributed by atoms with Gasteiger partial charge in [0.2, 0.25) is 0 Å². The highest BCUT2D eigenvalue weighted by atomic mass is 16.5. The van der Waals surface area contributed by atoms with E-state index in [9.17, 15) is 4.79 Å². The van der Waals surface area contributed by atoms with Crippen LogP contribution < -0.4 is 11.3 Å². The highest BCUT2D eigenvalue weighted by molar-refractivity contribution is 5.95. The number of nitrogens with one attached hydrogen (secondary N) is 1. The van der Waals surface area contributed by atoms with Gasteiger partial charge in [-0.05, 0) is 37.3 Å². The van der Waals surface area contributed by atoms with E-state index in [2.05, 4.69) is 10.4 Å². The first-order chi connectivity index (χ1) is 10.2. The smallest absolute Gasteiger partial charge is 0.254 e. The van der Waals surface area contributed by atoms with Crippen molar-refractivity contribution in [2.24, 2.45) is 11.8 Å². The lowest BCUT2D eigenvalue weighted by atomic mass is 9.97. The third-order valence-corrected chi connectivity index (χ3v) is 3.94. The molecule has 6 heteroatoms. The number of ether oxygens (including phenoxy) is 1. The summed E-state index contributed by atoms with van der Waals surface area (Å²) in [6.07, 6.45) is 2.76. The number of methoxy groups -OCH3 is 1. The number of piperidine rings is 1. The minimum absolute atomic E-state index is 0.0551. The molecule has 0 atom stereocenters. The Morgan fingerprint density at radius 3 is 2.76 bits per heavy atom. The molecule has 0 spiro atoms. The van der Waals surface area contributed by atoms with E-state index in [0.717, 1.165) is 44.7 Å². The molecule has 6 nitrogen and oxygen atoms in total. The predicted molar refractivity (Wildman–Crippen MR) is 81.9 cm³/mol. The van der Waals surface area contributed by atoms with Gasteiger partial charge in [0, 0.05) is 38.1 Å². The Morgan fingerprint density at radius 1 is 1.48 bits per heavy atom. The number of amides is 1. The molecular formula is C15H24N4O2. The molecule has 1 aromatic rings. The fourth-order valence-corrected chi connectivity index (χ4v) is 2.69. The molecule has 0 bridgehead atoms. The fraction of sp³-hybridized carbons (Fsp3) is 0.600. The molecule has 0 aromatic carbocycles. The maximum atomic E-state index is 12.6. The Labute approximate surface area is 125 Å². The van der Waals surface area contributed by atoms with Crippen LogP contribution in [0.25, 0.3) is 0 Å². The topological polar surface area (TPSA) is 80.5 Å². The van der Waals surface area contributed by atoms with Gasteiger partial charge in [0.05, 0.1) is 0 Å². The first-order valence-electron chi connectivity index (χ1n) is 7.43. The second-order valence-corrected chi connectivity index (χ2v) is 5.42. The second kappa shape index (κ2) is 7.38. The number of aryl methyl sites for hydroxylation is 1. The summed E-state index contributed by atoms with van der Waals surface area (Å²) in [5.74, 6) is 6.57. The van der Waals surface area contributed by atoms with Crippen molar-refractivity contribution < 1.29 is 9.53 Å². The molecule has 21 heavy (non-hydrogen) atoms. The van der Waals surface area contributed by atoms with Gasteiger partial charge in [-0.25, -0.2) is 10.8 Å². The number of nitrogens with two attached hydrogens (primary N) is 1. The molecule has 3 N–H and O–H groups in total. The minimum atomic E-state index is 0.0551. The van der Waals surface area contributed by atoms with Crippen molar-refractivity contribution in [3.05, 3.63) is 23.4 Å². The molecule has 1 fully saturated rings. The average Bonchev–Trinajstić information content (AvgIpc) is 2.54. The summed E-state index contributed by atoms with van der Waals surface area (Å²) < 4.78 is 5.19. The zero-order valence-electron chi connectivity index (χ0n) is 12.8. The molecule has 116 valence electrons. The zero-order valence-corrected chi connectivity index (χ0v) is 12.8. The lowest BCUT2D eigenvalue weighted by Crippen LogP contribution is -2.39. The van der Waals surface area contributed by atoms with Crippen LogP contribution in [-0.2, 0) is 11.2 Å². The molecule has 1 aliphatic rings. The van der Waals surface area contributed by atoms with Crippen molar-refractivity contribution in [1.82, 2.24) is 9.88 Å². The van der Waals surface area contributed by atoms with Crippen LogP contribution >= 0.6 is 0 Å². The van der Waals surface area contributed by atoms with E-state index in [-0.39, 0.29) is 5.91 Å². The van der Waals surface area contributed by atoms with Crippen molar-refractivity contribution >= 4 is 11.7 Å². The standard InChI is InChI=1S/C15H24N4O2/c1-3-13-8-12(9-14(17-13)18-16)15(20)19-6-4-11(5-7-19)10-21-2/h8-9,11H,3-7,10,16H2,1-2H3,(H,17,18). The van der Waals surface area contributed by atoms with Crippen molar-refractivity contribution in [2.75, 3.05) is 32.2 Å². The fourth-order valence-electron chi connectivity index (χ4n) is 2.69. The summed E-state index contributed by atoms with van der Waals surface area (Å²) in [5, 5.41) is 0. The van der Waals surface area contributed by atoms with Gasteiger partial charge in [-0.3, -0.25) is 4.79 Å². The van der Waals surface area contributed by atoms with Crippen LogP contribution in [0.4, 0.5) is 5.82 Å². The summed E-state index contributed by atoms with van der Waals surface area (Å²) in [6.45, 7) is 4.34. The molecule has 2 heterocycles. The Morgan fingerprint density at radius 2 is 2.19 bits per heavy atom. The molecule has 1 amide bonds. The number of nitrogen functional groups attached to an aromatic ring is 1. The van der Waals surface area contributed by atoms with Gasteiger partial charge in [-0.2, -0.15) is 0 Å². The number of pyridine rings is 1. The average molecular weight is 292 g/mol. The van der Waals surface area contributed by atoms with Gasteiger partial charge < -0.3 is 15.1 Å². The van der Waals surface area contributed by atoms with Crippen LogP contribution in [0.3, 0.4) is 0 Å². The molecular weight excluding hydrogens is 268 g/mol. The molecule has 0 aliphatic carbocycles. The number of rotatable bonds is 5. The molecule has 2 rings (SSSR count). The van der Waals surface area contributed by atoms with Gasteiger partial charge in [-0.15, -0.1) is 0 Å². The number of anilines is 1. The van der Waals surface area contributed by atoms with Crippen molar-refractivity contribution in [2.45, 2.75) is 26.2 Å². The number of hydrazine groups is 1. The molecule has 1 saturated heterocycles. The quantitative estimate of drug-likeness (QED) is 0.634. The summed E-state index contributed by atoms with van der Waals surface area (Å²) in [5.41, 5.74) is 4.04. The highest BCUT2D eigenvalue weighted by Gasteiger charge is 2.24.